The number of benzene rings is 4. The van der Waals surface area contributed by atoms with Crippen molar-refractivity contribution in [1.82, 2.24) is 77.9 Å². The third kappa shape index (κ3) is 20.5. The number of nitrogen functional groups attached to an aromatic ring is 2. The summed E-state index contributed by atoms with van der Waals surface area (Å²) in [5.41, 5.74) is 26.5. The molecule has 0 aliphatic heterocycles. The van der Waals surface area contributed by atoms with Crippen LogP contribution in [0, 0.1) is 76.2 Å². The van der Waals surface area contributed by atoms with E-state index in [0.29, 0.717) is 75.1 Å². The molecule has 0 radical (unpaired) electrons. The van der Waals surface area contributed by atoms with Crippen molar-refractivity contribution in [2.45, 2.75) is 147 Å². The molecule has 133 heavy (non-hydrogen) atoms. The van der Waals surface area contributed by atoms with Crippen molar-refractivity contribution in [2.24, 2.45) is 0 Å². The number of hydrogen-bond donors (Lipinski definition) is 6. The van der Waals surface area contributed by atoms with Gasteiger partial charge in [0.15, 0.2) is 0 Å². The first kappa shape index (κ1) is 99.4. The normalized spacial score (nSPS) is 12.0. The lowest BCUT2D eigenvalue weighted by atomic mass is 10.0. The molecule has 0 fully saturated rings. The molecule has 1 aliphatic carbocycles. The van der Waals surface area contributed by atoms with Gasteiger partial charge in [-0.15, -0.1) is 0 Å². The van der Waals surface area contributed by atoms with Gasteiger partial charge >= 0.3 is 0 Å². The van der Waals surface area contributed by atoms with Crippen LogP contribution in [0.3, 0.4) is 0 Å². The second kappa shape index (κ2) is 39.5. The molecule has 41 heteroatoms. The van der Waals surface area contributed by atoms with Gasteiger partial charge in [-0.25, -0.2) is 73.9 Å². The zero-order valence-corrected chi connectivity index (χ0v) is 79.4. The van der Waals surface area contributed by atoms with Crippen molar-refractivity contribution >= 4 is 100 Å². The number of allylic oxidation sites excluding steroid dienone is 2. The van der Waals surface area contributed by atoms with Gasteiger partial charge < -0.3 is 41.3 Å². The summed E-state index contributed by atoms with van der Waals surface area (Å²) in [5, 5.41) is -1.02. The highest BCUT2D eigenvalue weighted by molar-refractivity contribution is 7.91. The Morgan fingerprint density at radius 2 is 0.752 bits per heavy atom. The number of aromatic amines is 3. The summed E-state index contributed by atoms with van der Waals surface area (Å²) >= 11 is 0. The molecule has 0 spiro atoms. The summed E-state index contributed by atoms with van der Waals surface area (Å²) in [6.45, 7) is 20.7. The first-order valence-electron chi connectivity index (χ1n) is 40.4. The van der Waals surface area contributed by atoms with Crippen LogP contribution in [0.1, 0.15) is 125 Å². The molecule has 16 rings (SSSR count). The number of fused-ring (bicyclic) bond motifs is 4. The molecular formula is C92H102N18O18S5. The fourth-order valence-corrected chi connectivity index (χ4v) is 20.4. The molecule has 698 valence electrons. The van der Waals surface area contributed by atoms with Crippen molar-refractivity contribution < 1.29 is 65.8 Å². The number of methoxy groups -OCH3 is 4. The molecule has 0 amide bonds. The smallest absolute Gasteiger partial charge is 0.277 e. The molecular weight excluding hydrogens is 1810 g/mol. The number of anilines is 2. The number of aromatic nitrogens is 15. The molecule has 0 saturated heterocycles. The number of nitrogens with two attached hydrogens (primary N) is 2. The van der Waals surface area contributed by atoms with E-state index < -0.39 is 71.2 Å². The minimum absolute atomic E-state index is 0. The first-order chi connectivity index (χ1) is 61.9. The van der Waals surface area contributed by atoms with Crippen LogP contribution < -0.4 is 58.0 Å². The average Bonchev–Trinajstić information content (AvgIpc) is 1.59. The number of rotatable bonds is 23. The van der Waals surface area contributed by atoms with Crippen LogP contribution in [0.15, 0.2) is 192 Å². The SMILES string of the molecule is C.COc1c(C)cnc(CC2=CCc3c2nc(N)[nH]c3=O)c1C.COc1c(C)cnc(Cc2cn(S(=O)(=O)c3ccc(C)cc3)c3c(=O)[nH]c(N)nc23)c1C.COc1c(C)cnc(Cc2cn(S(=O)(=O)c3ccc(C)cc3)c3c(=O)[nH]c(S(C)(=O)=O)nc23)c1C.COc1c(C)cnc(Cc2cn(S(=O)(=O)c3ccc(C)cc3)c3c(OCc4ccccc4)nc(S(C)(=O)=O)nc23)c1C.N. The van der Waals surface area contributed by atoms with Gasteiger partial charge in [0.2, 0.25) is 42.6 Å². The van der Waals surface area contributed by atoms with Crippen LogP contribution in [0.4, 0.5) is 11.9 Å². The molecule has 10 N–H and O–H groups in total. The molecule has 15 aromatic rings. The number of sulfone groups is 2. The standard InChI is InChI=1S/C30H30N4O6S2.C23H24N4O6S2.C22H23N5O4S.C16H18N4O2.CH4.H3N/c1-19-11-13-24(14-12-19)42(37,38)34-17-23(15-25-21(3)28(39-4)20(2)16-31-25)26-27(34)29(33-30(32-26)41(5,35)36)40-18-22-9-7-6-8-10-22;1-13-6-8-17(9-7-13)35(31,32)27-12-16(10-18-15(3)21(33-4)14(2)11-24-18)19-20(27)22(28)26-23(25-19)34(5,29)30;1-12-5-7-16(8-6-12)32(29,30)27-11-15(18-19(27)21(28)26-22(23)25-18)9-17-14(3)20(31-4)13(2)10-24-17;1-8-7-18-12(9(2)14(8)22-3)6-10-4-5-11-13(10)19-16(17)20-15(11)21;;/h6-14,16-17H,15,18H2,1-5H3;6-9,11-12H,10H2,1-5H3,(H,25,26,28);5-8,10-11H,9H2,1-4H3,(H3,23,25,26,28);4,7H,5-6H2,1-3H3,(H3,17,19,20,21);1H4;1H3. The van der Waals surface area contributed by atoms with Gasteiger partial charge in [0.05, 0.1) is 71.6 Å². The molecule has 0 saturated carbocycles. The van der Waals surface area contributed by atoms with E-state index in [1.165, 1.54) is 55.0 Å². The highest BCUT2D eigenvalue weighted by atomic mass is 32.2. The van der Waals surface area contributed by atoms with Crippen LogP contribution in [0.2, 0.25) is 0 Å². The van der Waals surface area contributed by atoms with E-state index in [1.54, 1.807) is 89.6 Å². The van der Waals surface area contributed by atoms with Crippen LogP contribution in [0.25, 0.3) is 38.7 Å². The number of aryl methyl sites for hydroxylation is 7. The number of nitrogens with one attached hydrogen (secondary N) is 3. The lowest BCUT2D eigenvalue weighted by Gasteiger charge is -2.13. The molecule has 11 heterocycles. The highest BCUT2D eigenvalue weighted by Crippen LogP contribution is 2.38. The Bertz CT molecular complexity index is 7900. The second-order valence-corrected chi connectivity index (χ2v) is 40.7. The Morgan fingerprint density at radius 1 is 0.406 bits per heavy atom. The van der Waals surface area contributed by atoms with Crippen molar-refractivity contribution in [2.75, 3.05) is 52.4 Å². The lowest BCUT2D eigenvalue weighted by Crippen LogP contribution is -2.20. The van der Waals surface area contributed by atoms with Gasteiger partial charge in [0, 0.05) is 148 Å². The molecule has 0 unspecified atom stereocenters. The van der Waals surface area contributed by atoms with Gasteiger partial charge in [-0.1, -0.05) is 96.9 Å². The molecule has 1 aliphatic rings. The minimum Gasteiger partial charge on any atom is -0.496 e. The Labute approximate surface area is 768 Å². The van der Waals surface area contributed by atoms with Crippen LogP contribution in [0.5, 0.6) is 28.9 Å². The van der Waals surface area contributed by atoms with E-state index in [4.69, 9.17) is 35.2 Å². The zero-order valence-electron chi connectivity index (χ0n) is 75.3. The number of nitrogens with zero attached hydrogens (tertiary/aromatic N) is 12. The van der Waals surface area contributed by atoms with E-state index in [2.05, 4.69) is 59.8 Å². The fourth-order valence-electron chi connectivity index (χ4n) is 15.2. The summed E-state index contributed by atoms with van der Waals surface area (Å²) in [7, 11) is -13.8. The summed E-state index contributed by atoms with van der Waals surface area (Å²) in [6, 6.07) is 28.2. The van der Waals surface area contributed by atoms with Gasteiger partial charge in [-0.2, -0.15) is 4.98 Å². The Balaban J connectivity index is 0.000000174. The number of H-pyrrole nitrogens is 3. The fraction of sp³-hybridized carbons (Fsp3) is 0.261. The lowest BCUT2D eigenvalue weighted by molar-refractivity contribution is 0.294. The van der Waals surface area contributed by atoms with E-state index in [0.717, 1.165) is 108 Å². The number of pyridine rings is 4. The topological polar surface area (TPSA) is 533 Å². The largest absolute Gasteiger partial charge is 0.496 e. The van der Waals surface area contributed by atoms with E-state index >= 15 is 0 Å². The summed E-state index contributed by atoms with van der Waals surface area (Å²) in [4.78, 5) is 84.1. The van der Waals surface area contributed by atoms with Crippen LogP contribution in [-0.2, 0) is 88.5 Å². The third-order valence-electron chi connectivity index (χ3n) is 22.0. The van der Waals surface area contributed by atoms with Crippen molar-refractivity contribution in [3.8, 4) is 28.9 Å². The molecule has 0 bridgehead atoms. The van der Waals surface area contributed by atoms with Gasteiger partial charge in [-0.05, 0) is 130 Å². The van der Waals surface area contributed by atoms with Crippen LogP contribution in [-0.4, -0.2) is 155 Å². The van der Waals surface area contributed by atoms with Gasteiger partial charge in [-0.3, -0.25) is 49.3 Å². The van der Waals surface area contributed by atoms with Crippen LogP contribution >= 0.6 is 0 Å². The van der Waals surface area contributed by atoms with Gasteiger partial charge in [0.25, 0.3) is 51.9 Å². The second-order valence-electron chi connectivity index (χ2n) is 31.5. The van der Waals surface area contributed by atoms with Gasteiger partial charge in [0.1, 0.15) is 62.7 Å². The van der Waals surface area contributed by atoms with E-state index in [9.17, 15) is 56.5 Å². The number of hydrogen-bond acceptors (Lipinski definition) is 30. The Kier molecular flexibility index (Phi) is 29.5. The number of ether oxygens (including phenoxy) is 5. The minimum atomic E-state index is -4.19. The summed E-state index contributed by atoms with van der Waals surface area (Å²) in [5.74, 6) is 2.72. The highest BCUT2D eigenvalue weighted by Gasteiger charge is 2.33. The van der Waals surface area contributed by atoms with E-state index in [1.807, 2.05) is 113 Å². The average molecular weight is 1910 g/mol. The summed E-state index contributed by atoms with van der Waals surface area (Å²) in [6.07, 6.45) is 16.5. The predicted octanol–water partition coefficient (Wildman–Crippen LogP) is 11.7. The first-order valence-corrected chi connectivity index (χ1v) is 48.5. The molecule has 0 atom stereocenters. The maximum atomic E-state index is 14.0. The maximum Gasteiger partial charge on any atom is 0.277 e. The van der Waals surface area contributed by atoms with Crippen molar-refractivity contribution in [1.29, 1.82) is 0 Å². The van der Waals surface area contributed by atoms with Crippen molar-refractivity contribution in [3.05, 3.63) is 301 Å². The monoisotopic (exact) mass is 1910 g/mol. The van der Waals surface area contributed by atoms with Crippen molar-refractivity contribution in [3.63, 3.8) is 0 Å². The zero-order chi connectivity index (χ0) is 95.0. The maximum absolute atomic E-state index is 14.0. The summed E-state index contributed by atoms with van der Waals surface area (Å²) < 4.78 is 162. The molecule has 36 nitrogen and oxygen atoms in total. The quantitative estimate of drug-likeness (QED) is 0.0324. The Hall–Kier alpha value is -14.1. The molecule has 4 aromatic carbocycles. The third-order valence-corrected chi connectivity index (χ3v) is 28.7. The predicted molar refractivity (Wildman–Crippen MR) is 507 cm³/mol. The Morgan fingerprint density at radius 3 is 1.13 bits per heavy atom. The van der Waals surface area contributed by atoms with E-state index in [-0.39, 0.29) is 111 Å². The molecule has 11 aromatic heterocycles.